The van der Waals surface area contributed by atoms with Crippen LogP contribution in [-0.4, -0.2) is 23.7 Å². The Balaban J connectivity index is 1.86. The Bertz CT molecular complexity index is 644. The summed E-state index contributed by atoms with van der Waals surface area (Å²) in [6.07, 6.45) is 0.753. The lowest BCUT2D eigenvalue weighted by atomic mass is 10.2. The van der Waals surface area contributed by atoms with Gasteiger partial charge < -0.3 is 15.7 Å². The van der Waals surface area contributed by atoms with E-state index in [1.165, 1.54) is 23.8 Å². The first-order valence-corrected chi connectivity index (χ1v) is 7.47. The van der Waals surface area contributed by atoms with E-state index in [9.17, 15) is 9.59 Å². The third kappa shape index (κ3) is 4.47. The summed E-state index contributed by atoms with van der Waals surface area (Å²) in [5.41, 5.74) is 1.61. The molecule has 5 nitrogen and oxygen atoms in total. The molecule has 0 fully saturated rings. The standard InChI is InChI=1S/C14H13ClN2O3S/c15-11-7-10(13(18)19)1-2-12(11)17-14(20)16-5-3-9-4-6-21-8-9/h1-2,4,6-8H,3,5H2,(H,18,19)(H2,16,17,20). The Morgan fingerprint density at radius 3 is 2.71 bits per heavy atom. The molecule has 7 heteroatoms. The van der Waals surface area contributed by atoms with E-state index in [0.29, 0.717) is 12.2 Å². The molecule has 3 N–H and O–H groups in total. The van der Waals surface area contributed by atoms with Crippen LogP contribution in [0.4, 0.5) is 10.5 Å². The number of hydrogen-bond donors (Lipinski definition) is 3. The van der Waals surface area contributed by atoms with Crippen LogP contribution in [0.5, 0.6) is 0 Å². The molecule has 0 saturated carbocycles. The molecule has 0 bridgehead atoms. The van der Waals surface area contributed by atoms with Gasteiger partial charge >= 0.3 is 12.0 Å². The molecule has 1 aromatic carbocycles. The number of rotatable bonds is 5. The molecule has 0 radical (unpaired) electrons. The van der Waals surface area contributed by atoms with Crippen molar-refractivity contribution in [2.24, 2.45) is 0 Å². The van der Waals surface area contributed by atoms with Crippen molar-refractivity contribution in [3.8, 4) is 0 Å². The fourth-order valence-corrected chi connectivity index (χ4v) is 2.60. The van der Waals surface area contributed by atoms with Gasteiger partial charge in [0.25, 0.3) is 0 Å². The van der Waals surface area contributed by atoms with Gasteiger partial charge in [0.15, 0.2) is 0 Å². The fraction of sp³-hybridized carbons (Fsp3) is 0.143. The van der Waals surface area contributed by atoms with Gasteiger partial charge in [0.1, 0.15) is 0 Å². The highest BCUT2D eigenvalue weighted by Crippen LogP contribution is 2.22. The molecule has 2 aromatic rings. The summed E-state index contributed by atoms with van der Waals surface area (Å²) in [5, 5.41) is 18.3. The van der Waals surface area contributed by atoms with Crippen molar-refractivity contribution in [3.05, 3.63) is 51.2 Å². The van der Waals surface area contributed by atoms with E-state index in [1.807, 2.05) is 16.8 Å². The van der Waals surface area contributed by atoms with Crippen molar-refractivity contribution in [2.45, 2.75) is 6.42 Å². The van der Waals surface area contributed by atoms with Gasteiger partial charge in [-0.15, -0.1) is 0 Å². The number of carbonyl (C=O) groups excluding carboxylic acids is 1. The average molecular weight is 325 g/mol. The van der Waals surface area contributed by atoms with Crippen molar-refractivity contribution < 1.29 is 14.7 Å². The maximum atomic E-state index is 11.7. The summed E-state index contributed by atoms with van der Waals surface area (Å²) in [6, 6.07) is 5.77. The van der Waals surface area contributed by atoms with Gasteiger partial charge in [-0.2, -0.15) is 11.3 Å². The number of halogens is 1. The molecule has 2 amide bonds. The Kier molecular flexibility index (Phi) is 5.19. The molecule has 2 rings (SSSR count). The lowest BCUT2D eigenvalue weighted by Gasteiger charge is -2.09. The van der Waals surface area contributed by atoms with Crippen LogP contribution in [0.3, 0.4) is 0 Å². The maximum Gasteiger partial charge on any atom is 0.335 e. The van der Waals surface area contributed by atoms with Crippen LogP contribution >= 0.6 is 22.9 Å². The second kappa shape index (κ2) is 7.10. The predicted octanol–water partition coefficient (Wildman–Crippen LogP) is 3.46. The van der Waals surface area contributed by atoms with E-state index >= 15 is 0 Å². The number of carboxylic acid groups (broad SMARTS) is 1. The van der Waals surface area contributed by atoms with Crippen LogP contribution in [0.2, 0.25) is 5.02 Å². The highest BCUT2D eigenvalue weighted by Gasteiger charge is 2.09. The number of anilines is 1. The van der Waals surface area contributed by atoms with E-state index in [-0.39, 0.29) is 16.6 Å². The minimum atomic E-state index is -1.07. The van der Waals surface area contributed by atoms with Gasteiger partial charge in [0.2, 0.25) is 0 Å². The van der Waals surface area contributed by atoms with E-state index in [4.69, 9.17) is 16.7 Å². The molecule has 0 unspecified atom stereocenters. The van der Waals surface area contributed by atoms with E-state index in [1.54, 1.807) is 11.3 Å². The Morgan fingerprint density at radius 2 is 2.10 bits per heavy atom. The van der Waals surface area contributed by atoms with Gasteiger partial charge in [-0.05, 0) is 47.0 Å². The Labute approximate surface area is 130 Å². The molecule has 1 aromatic heterocycles. The lowest BCUT2D eigenvalue weighted by Crippen LogP contribution is -2.30. The van der Waals surface area contributed by atoms with Crippen molar-refractivity contribution in [2.75, 3.05) is 11.9 Å². The second-order valence-electron chi connectivity index (χ2n) is 4.26. The molecular weight excluding hydrogens is 312 g/mol. The lowest BCUT2D eigenvalue weighted by molar-refractivity contribution is 0.0697. The number of amides is 2. The summed E-state index contributed by atoms with van der Waals surface area (Å²) in [4.78, 5) is 22.5. The van der Waals surface area contributed by atoms with Crippen molar-refractivity contribution >= 4 is 40.6 Å². The summed E-state index contributed by atoms with van der Waals surface area (Å²) in [7, 11) is 0. The summed E-state index contributed by atoms with van der Waals surface area (Å²) in [6.45, 7) is 0.507. The molecule has 1 heterocycles. The average Bonchev–Trinajstić information content (AvgIpc) is 2.94. The first-order valence-electron chi connectivity index (χ1n) is 6.15. The zero-order chi connectivity index (χ0) is 15.2. The minimum Gasteiger partial charge on any atom is -0.478 e. The molecule has 21 heavy (non-hydrogen) atoms. The van der Waals surface area contributed by atoms with Crippen LogP contribution in [-0.2, 0) is 6.42 Å². The third-order valence-corrected chi connectivity index (χ3v) is 3.79. The summed E-state index contributed by atoms with van der Waals surface area (Å²) in [5.74, 6) is -1.07. The van der Waals surface area contributed by atoms with Crippen molar-refractivity contribution in [1.82, 2.24) is 5.32 Å². The first kappa shape index (κ1) is 15.3. The molecular formula is C14H13ClN2O3S. The zero-order valence-electron chi connectivity index (χ0n) is 10.9. The zero-order valence-corrected chi connectivity index (χ0v) is 12.5. The minimum absolute atomic E-state index is 0.0726. The van der Waals surface area contributed by atoms with E-state index < -0.39 is 5.97 Å². The monoisotopic (exact) mass is 324 g/mol. The predicted molar refractivity (Wildman–Crippen MR) is 83.5 cm³/mol. The van der Waals surface area contributed by atoms with Gasteiger partial charge in [-0.3, -0.25) is 0 Å². The van der Waals surface area contributed by atoms with E-state index in [2.05, 4.69) is 10.6 Å². The summed E-state index contributed by atoms with van der Waals surface area (Å²) < 4.78 is 0. The number of thiophene rings is 1. The number of benzene rings is 1. The Morgan fingerprint density at radius 1 is 1.29 bits per heavy atom. The van der Waals surface area contributed by atoms with Crippen molar-refractivity contribution in [3.63, 3.8) is 0 Å². The molecule has 0 aliphatic carbocycles. The second-order valence-corrected chi connectivity index (χ2v) is 5.45. The largest absolute Gasteiger partial charge is 0.478 e. The molecule has 0 aliphatic rings. The van der Waals surface area contributed by atoms with Crippen LogP contribution in [0, 0.1) is 0 Å². The van der Waals surface area contributed by atoms with E-state index in [0.717, 1.165) is 6.42 Å². The van der Waals surface area contributed by atoms with Gasteiger partial charge in [-0.1, -0.05) is 11.6 Å². The number of urea groups is 1. The Hall–Kier alpha value is -2.05. The topological polar surface area (TPSA) is 78.4 Å². The number of nitrogens with one attached hydrogen (secondary N) is 2. The molecule has 0 atom stereocenters. The van der Waals surface area contributed by atoms with Crippen LogP contribution < -0.4 is 10.6 Å². The molecule has 110 valence electrons. The number of carboxylic acids is 1. The molecule has 0 aliphatic heterocycles. The molecule has 0 saturated heterocycles. The number of hydrogen-bond acceptors (Lipinski definition) is 3. The van der Waals surface area contributed by atoms with Crippen molar-refractivity contribution in [1.29, 1.82) is 0 Å². The van der Waals surface area contributed by atoms with Crippen LogP contribution in [0.15, 0.2) is 35.0 Å². The first-order chi connectivity index (χ1) is 10.1. The number of aromatic carboxylic acids is 1. The maximum absolute atomic E-state index is 11.7. The van der Waals surface area contributed by atoms with Gasteiger partial charge in [0.05, 0.1) is 16.3 Å². The highest BCUT2D eigenvalue weighted by atomic mass is 35.5. The van der Waals surface area contributed by atoms with Gasteiger partial charge in [-0.25, -0.2) is 9.59 Å². The third-order valence-electron chi connectivity index (χ3n) is 2.74. The summed E-state index contributed by atoms with van der Waals surface area (Å²) >= 11 is 7.54. The quantitative estimate of drug-likeness (QED) is 0.788. The SMILES string of the molecule is O=C(NCCc1ccsc1)Nc1ccc(C(=O)O)cc1Cl. The van der Waals surface area contributed by atoms with Gasteiger partial charge in [0, 0.05) is 6.54 Å². The smallest absolute Gasteiger partial charge is 0.335 e. The fourth-order valence-electron chi connectivity index (χ4n) is 1.67. The van der Waals surface area contributed by atoms with Crippen LogP contribution in [0.1, 0.15) is 15.9 Å². The van der Waals surface area contributed by atoms with Crippen LogP contribution in [0.25, 0.3) is 0 Å². The highest BCUT2D eigenvalue weighted by molar-refractivity contribution is 7.07. The normalized spacial score (nSPS) is 10.1. The molecule has 0 spiro atoms. The number of carbonyl (C=O) groups is 2.